The number of ketones is 1. The number of hydrogen-bond acceptors (Lipinski definition) is 5. The zero-order chi connectivity index (χ0) is 13.6. The second-order valence-electron chi connectivity index (χ2n) is 4.96. The Bertz CT molecular complexity index is 541. The molecule has 2 aliphatic heterocycles. The molecule has 2 heterocycles. The van der Waals surface area contributed by atoms with Crippen LogP contribution < -0.4 is 14.2 Å². The highest BCUT2D eigenvalue weighted by atomic mass is 16.7. The van der Waals surface area contributed by atoms with Gasteiger partial charge in [0.15, 0.2) is 17.3 Å². The number of ether oxygens (including phenoxy) is 3. The Morgan fingerprint density at radius 1 is 1.47 bits per heavy atom. The van der Waals surface area contributed by atoms with Crippen molar-refractivity contribution in [3.05, 3.63) is 17.2 Å². The summed E-state index contributed by atoms with van der Waals surface area (Å²) in [5, 5.41) is 0. The van der Waals surface area contributed by atoms with Gasteiger partial charge in [-0.2, -0.15) is 0 Å². The summed E-state index contributed by atoms with van der Waals surface area (Å²) in [6.45, 7) is 2.66. The lowest BCUT2D eigenvalue weighted by Crippen LogP contribution is -2.36. The van der Waals surface area contributed by atoms with Crippen LogP contribution in [0.2, 0.25) is 0 Å². The quantitative estimate of drug-likeness (QED) is 0.810. The molecular weight excluding hydrogens is 246 g/mol. The van der Waals surface area contributed by atoms with Gasteiger partial charge < -0.3 is 14.2 Å². The predicted octanol–water partition coefficient (Wildman–Crippen LogP) is 1.54. The molecule has 0 bridgehead atoms. The number of hydrogen-bond donors (Lipinski definition) is 0. The maximum atomic E-state index is 12.0. The summed E-state index contributed by atoms with van der Waals surface area (Å²) in [7, 11) is 3.56. The van der Waals surface area contributed by atoms with E-state index in [2.05, 4.69) is 4.90 Å². The van der Waals surface area contributed by atoms with Gasteiger partial charge in [0, 0.05) is 12.1 Å². The molecule has 0 fully saturated rings. The van der Waals surface area contributed by atoms with Gasteiger partial charge in [-0.05, 0) is 32.0 Å². The Balaban J connectivity index is 2.23. The minimum Gasteiger partial charge on any atom is -0.492 e. The average molecular weight is 263 g/mol. The molecule has 102 valence electrons. The predicted molar refractivity (Wildman–Crippen MR) is 68.9 cm³/mol. The summed E-state index contributed by atoms with van der Waals surface area (Å²) in [5.41, 5.74) is 2.03. The van der Waals surface area contributed by atoms with E-state index >= 15 is 0 Å². The topological polar surface area (TPSA) is 48.0 Å². The van der Waals surface area contributed by atoms with Crippen LogP contribution in [0.4, 0.5) is 0 Å². The van der Waals surface area contributed by atoms with Gasteiger partial charge in [-0.25, -0.2) is 0 Å². The Morgan fingerprint density at radius 2 is 2.26 bits per heavy atom. The fourth-order valence-electron chi connectivity index (χ4n) is 2.95. The van der Waals surface area contributed by atoms with Crippen molar-refractivity contribution in [2.24, 2.45) is 0 Å². The molecule has 0 aromatic heterocycles. The highest BCUT2D eigenvalue weighted by Gasteiger charge is 2.35. The first-order valence-corrected chi connectivity index (χ1v) is 6.33. The largest absolute Gasteiger partial charge is 0.492 e. The molecule has 0 aliphatic carbocycles. The number of benzene rings is 1. The highest BCUT2D eigenvalue weighted by Crippen LogP contribution is 2.49. The van der Waals surface area contributed by atoms with Crippen LogP contribution >= 0.6 is 0 Å². The molecule has 0 spiro atoms. The molecule has 19 heavy (non-hydrogen) atoms. The molecule has 1 aromatic carbocycles. The minimum atomic E-state index is -0.270. The van der Waals surface area contributed by atoms with E-state index in [9.17, 15) is 4.79 Å². The number of Topliss-reactive ketones (excluding diaryl/α,β-unsaturated/α-hetero) is 1. The first-order valence-electron chi connectivity index (χ1n) is 6.33. The number of nitrogens with zero attached hydrogens (tertiary/aromatic N) is 1. The van der Waals surface area contributed by atoms with Gasteiger partial charge >= 0.3 is 0 Å². The van der Waals surface area contributed by atoms with Crippen LogP contribution in [0.3, 0.4) is 0 Å². The van der Waals surface area contributed by atoms with E-state index in [0.717, 1.165) is 24.1 Å². The van der Waals surface area contributed by atoms with Crippen molar-refractivity contribution in [2.45, 2.75) is 19.4 Å². The zero-order valence-electron chi connectivity index (χ0n) is 11.4. The Morgan fingerprint density at radius 3 is 2.95 bits per heavy atom. The normalized spacial score (nSPS) is 21.1. The van der Waals surface area contributed by atoms with Crippen molar-refractivity contribution in [3.63, 3.8) is 0 Å². The van der Waals surface area contributed by atoms with Crippen molar-refractivity contribution in [1.82, 2.24) is 4.90 Å². The van der Waals surface area contributed by atoms with Crippen molar-refractivity contribution in [1.29, 1.82) is 0 Å². The number of rotatable bonds is 2. The fraction of sp³-hybridized carbons (Fsp3) is 0.500. The standard InChI is InChI=1S/C14H17NO4/c1-8(16)12-11-9(4-5-15(12)2)6-10-13(14(11)17-3)19-7-18-10/h6,12H,4-5,7H2,1-3H3. The first-order chi connectivity index (χ1) is 9.13. The Kier molecular flexibility index (Phi) is 2.86. The number of carbonyl (C=O) groups excluding carboxylic acids is 1. The minimum absolute atomic E-state index is 0.112. The highest BCUT2D eigenvalue weighted by molar-refractivity contribution is 5.85. The SMILES string of the molecule is COc1c2c(cc3c1C(C(C)=O)N(C)CC3)OCO2. The molecule has 1 atom stereocenters. The van der Waals surface area contributed by atoms with Crippen molar-refractivity contribution >= 4 is 5.78 Å². The lowest BCUT2D eigenvalue weighted by Gasteiger charge is -2.34. The second kappa shape index (κ2) is 4.42. The third-order valence-electron chi connectivity index (χ3n) is 3.78. The smallest absolute Gasteiger partial charge is 0.231 e. The molecule has 1 aromatic rings. The van der Waals surface area contributed by atoms with Gasteiger partial charge in [-0.3, -0.25) is 9.69 Å². The summed E-state index contributed by atoms with van der Waals surface area (Å²) < 4.78 is 16.4. The summed E-state index contributed by atoms with van der Waals surface area (Å²) in [6, 6.07) is 1.71. The number of methoxy groups -OCH3 is 1. The number of carbonyl (C=O) groups is 1. The van der Waals surface area contributed by atoms with Gasteiger partial charge in [0.1, 0.15) is 0 Å². The summed E-state index contributed by atoms with van der Waals surface area (Å²) in [5.74, 6) is 2.07. The van der Waals surface area contributed by atoms with Crippen LogP contribution in [0.1, 0.15) is 24.1 Å². The molecule has 0 radical (unpaired) electrons. The average Bonchev–Trinajstić information content (AvgIpc) is 2.83. The number of fused-ring (bicyclic) bond motifs is 2. The molecule has 0 amide bonds. The maximum absolute atomic E-state index is 12.0. The Labute approximate surface area is 112 Å². The molecule has 5 heteroatoms. The molecule has 0 N–H and O–H groups in total. The molecule has 3 rings (SSSR count). The van der Waals surface area contributed by atoms with E-state index in [4.69, 9.17) is 14.2 Å². The molecule has 2 aliphatic rings. The van der Waals surface area contributed by atoms with E-state index in [1.807, 2.05) is 13.1 Å². The fourth-order valence-corrected chi connectivity index (χ4v) is 2.95. The van der Waals surface area contributed by atoms with Gasteiger partial charge in [0.2, 0.25) is 12.5 Å². The van der Waals surface area contributed by atoms with E-state index in [0.29, 0.717) is 17.2 Å². The van der Waals surface area contributed by atoms with Crippen LogP contribution in [-0.4, -0.2) is 38.2 Å². The number of likely N-dealkylation sites (N-methyl/N-ethyl adjacent to an activating group) is 1. The lowest BCUT2D eigenvalue weighted by molar-refractivity contribution is -0.122. The van der Waals surface area contributed by atoms with Gasteiger partial charge in [-0.1, -0.05) is 0 Å². The molecule has 5 nitrogen and oxygen atoms in total. The van der Waals surface area contributed by atoms with Crippen molar-refractivity contribution in [3.8, 4) is 17.2 Å². The maximum Gasteiger partial charge on any atom is 0.231 e. The Hall–Kier alpha value is -1.75. The van der Waals surface area contributed by atoms with Crippen LogP contribution in [0, 0.1) is 0 Å². The van der Waals surface area contributed by atoms with E-state index in [1.54, 1.807) is 14.0 Å². The van der Waals surface area contributed by atoms with Gasteiger partial charge in [-0.15, -0.1) is 0 Å². The molecule has 0 saturated carbocycles. The van der Waals surface area contributed by atoms with Crippen molar-refractivity contribution in [2.75, 3.05) is 27.5 Å². The van der Waals surface area contributed by atoms with Gasteiger partial charge in [0.05, 0.1) is 13.2 Å². The third-order valence-corrected chi connectivity index (χ3v) is 3.78. The van der Waals surface area contributed by atoms with Crippen LogP contribution in [0.25, 0.3) is 0 Å². The van der Waals surface area contributed by atoms with E-state index < -0.39 is 0 Å². The van der Waals surface area contributed by atoms with Gasteiger partial charge in [0.25, 0.3) is 0 Å². The summed E-state index contributed by atoms with van der Waals surface area (Å²) in [6.07, 6.45) is 0.878. The summed E-state index contributed by atoms with van der Waals surface area (Å²) in [4.78, 5) is 14.0. The molecular formula is C14H17NO4. The van der Waals surface area contributed by atoms with Crippen LogP contribution in [-0.2, 0) is 11.2 Å². The van der Waals surface area contributed by atoms with E-state index in [1.165, 1.54) is 0 Å². The molecule has 1 unspecified atom stereocenters. The van der Waals surface area contributed by atoms with Crippen LogP contribution in [0.5, 0.6) is 17.2 Å². The second-order valence-corrected chi connectivity index (χ2v) is 4.96. The monoisotopic (exact) mass is 263 g/mol. The van der Waals surface area contributed by atoms with Crippen LogP contribution in [0.15, 0.2) is 6.07 Å². The molecule has 0 saturated heterocycles. The first kappa shape index (κ1) is 12.3. The third kappa shape index (κ3) is 1.76. The lowest BCUT2D eigenvalue weighted by atomic mass is 9.89. The van der Waals surface area contributed by atoms with Crippen molar-refractivity contribution < 1.29 is 19.0 Å². The zero-order valence-corrected chi connectivity index (χ0v) is 11.4. The summed E-state index contributed by atoms with van der Waals surface area (Å²) >= 11 is 0. The van der Waals surface area contributed by atoms with E-state index in [-0.39, 0.29) is 18.6 Å².